The highest BCUT2D eigenvalue weighted by Gasteiger charge is 2.09. The Morgan fingerprint density at radius 3 is 2.35 bits per heavy atom. The summed E-state index contributed by atoms with van der Waals surface area (Å²) < 4.78 is 0. The summed E-state index contributed by atoms with van der Waals surface area (Å²) in [6.07, 6.45) is 1.15. The van der Waals surface area contributed by atoms with Crippen molar-refractivity contribution in [2.45, 2.75) is 33.2 Å². The van der Waals surface area contributed by atoms with Gasteiger partial charge >= 0.3 is 0 Å². The van der Waals surface area contributed by atoms with Crippen molar-refractivity contribution in [1.29, 1.82) is 0 Å². The Morgan fingerprint density at radius 1 is 1.00 bits per heavy atom. The molecule has 0 fully saturated rings. The van der Waals surface area contributed by atoms with Crippen LogP contribution in [-0.2, 0) is 0 Å². The summed E-state index contributed by atoms with van der Waals surface area (Å²) in [5, 5.41) is 3.61. The lowest BCUT2D eigenvalue weighted by atomic mass is 10.0. The van der Waals surface area contributed by atoms with E-state index in [0.717, 1.165) is 17.8 Å². The van der Waals surface area contributed by atoms with E-state index in [1.165, 1.54) is 11.1 Å². The monoisotopic (exact) mass is 268 g/mol. The summed E-state index contributed by atoms with van der Waals surface area (Å²) >= 11 is 0. The molecule has 2 aromatic rings. The third kappa shape index (κ3) is 3.77. The molecule has 1 unspecified atom stereocenters. The van der Waals surface area contributed by atoms with Gasteiger partial charge in [0.1, 0.15) is 0 Å². The molecule has 0 aliphatic rings. The minimum Gasteiger partial charge on any atom is -0.399 e. The molecule has 2 heteroatoms. The van der Waals surface area contributed by atoms with Gasteiger partial charge < -0.3 is 11.1 Å². The third-order valence-corrected chi connectivity index (χ3v) is 3.36. The van der Waals surface area contributed by atoms with Crippen LogP contribution in [0.2, 0.25) is 0 Å². The molecular formula is C18H24N2. The first-order valence-corrected chi connectivity index (χ1v) is 7.27. The maximum absolute atomic E-state index is 5.95. The maximum atomic E-state index is 5.95. The molecule has 20 heavy (non-hydrogen) atoms. The highest BCUT2D eigenvalue weighted by molar-refractivity contribution is 5.80. The molecule has 3 N–H and O–H groups in total. The van der Waals surface area contributed by atoms with E-state index in [4.69, 9.17) is 5.73 Å². The number of nitrogens with one attached hydrogen (secondary N) is 1. The average molecular weight is 268 g/mol. The van der Waals surface area contributed by atoms with E-state index in [0.29, 0.717) is 12.0 Å². The molecule has 2 rings (SSSR count). The molecule has 2 aromatic carbocycles. The van der Waals surface area contributed by atoms with Crippen molar-refractivity contribution in [2.24, 2.45) is 5.92 Å². The second kappa shape index (κ2) is 6.47. The fraction of sp³-hybridized carbons (Fsp3) is 0.333. The van der Waals surface area contributed by atoms with Crippen molar-refractivity contribution in [3.63, 3.8) is 0 Å². The van der Waals surface area contributed by atoms with Crippen molar-refractivity contribution in [2.75, 3.05) is 11.1 Å². The molecule has 106 valence electrons. The zero-order valence-electron chi connectivity index (χ0n) is 12.6. The van der Waals surface area contributed by atoms with Crippen LogP contribution in [0.4, 0.5) is 11.4 Å². The Bertz CT molecular complexity index is 547. The summed E-state index contributed by atoms with van der Waals surface area (Å²) in [4.78, 5) is 0. The van der Waals surface area contributed by atoms with Crippen LogP contribution in [0.15, 0.2) is 48.5 Å². The van der Waals surface area contributed by atoms with E-state index >= 15 is 0 Å². The Labute approximate surface area is 122 Å². The number of rotatable bonds is 5. The van der Waals surface area contributed by atoms with E-state index in [1.54, 1.807) is 0 Å². The van der Waals surface area contributed by atoms with Gasteiger partial charge in [0.15, 0.2) is 0 Å². The van der Waals surface area contributed by atoms with Crippen molar-refractivity contribution < 1.29 is 0 Å². The van der Waals surface area contributed by atoms with Crippen LogP contribution in [0, 0.1) is 5.92 Å². The quantitative estimate of drug-likeness (QED) is 0.766. The molecule has 0 aromatic heterocycles. The molecule has 0 aliphatic carbocycles. The van der Waals surface area contributed by atoms with E-state index in [1.807, 2.05) is 18.2 Å². The zero-order valence-corrected chi connectivity index (χ0v) is 12.6. The van der Waals surface area contributed by atoms with E-state index in [2.05, 4.69) is 56.4 Å². The van der Waals surface area contributed by atoms with Crippen LogP contribution >= 0.6 is 0 Å². The van der Waals surface area contributed by atoms with E-state index in [9.17, 15) is 0 Å². The molecule has 0 amide bonds. The number of hydrogen-bond donors (Lipinski definition) is 2. The van der Waals surface area contributed by atoms with Crippen molar-refractivity contribution in [3.05, 3.63) is 48.5 Å². The normalized spacial score (nSPS) is 12.4. The van der Waals surface area contributed by atoms with Crippen LogP contribution in [-0.4, -0.2) is 6.04 Å². The second-order valence-corrected chi connectivity index (χ2v) is 5.85. The number of benzene rings is 2. The van der Waals surface area contributed by atoms with Crippen molar-refractivity contribution in [1.82, 2.24) is 0 Å². The van der Waals surface area contributed by atoms with Crippen molar-refractivity contribution in [3.8, 4) is 11.1 Å². The average Bonchev–Trinajstić information content (AvgIpc) is 2.41. The van der Waals surface area contributed by atoms with E-state index in [-0.39, 0.29) is 0 Å². The predicted molar refractivity (Wildman–Crippen MR) is 88.8 cm³/mol. The molecule has 2 nitrogen and oxygen atoms in total. The predicted octanol–water partition coefficient (Wildman–Crippen LogP) is 4.78. The highest BCUT2D eigenvalue weighted by Crippen LogP contribution is 2.30. The van der Waals surface area contributed by atoms with Gasteiger partial charge in [0.2, 0.25) is 0 Å². The highest BCUT2D eigenvalue weighted by atomic mass is 14.9. The summed E-state index contributed by atoms with van der Waals surface area (Å²) in [5.74, 6) is 0.687. The summed E-state index contributed by atoms with van der Waals surface area (Å²) in [7, 11) is 0. The van der Waals surface area contributed by atoms with Crippen LogP contribution in [0.25, 0.3) is 11.1 Å². The maximum Gasteiger partial charge on any atom is 0.0423 e. The standard InChI is InChI=1S/C18H24N2/c1-13(2)11-14(3)20-18-10-9-16(19)12-17(18)15-7-5-4-6-8-15/h4-10,12-14,20H,11,19H2,1-3H3. The fourth-order valence-electron chi connectivity index (χ4n) is 2.58. The van der Waals surface area contributed by atoms with Gasteiger partial charge in [-0.05, 0) is 43.0 Å². The first-order valence-electron chi connectivity index (χ1n) is 7.27. The summed E-state index contributed by atoms with van der Waals surface area (Å²) in [5.41, 5.74) is 10.3. The first kappa shape index (κ1) is 14.4. The number of anilines is 2. The summed E-state index contributed by atoms with van der Waals surface area (Å²) in [6, 6.07) is 16.9. The Kier molecular flexibility index (Phi) is 4.67. The molecule has 0 aliphatic heterocycles. The Balaban J connectivity index is 2.29. The Hall–Kier alpha value is -1.96. The molecule has 0 spiro atoms. The third-order valence-electron chi connectivity index (χ3n) is 3.36. The molecule has 0 saturated carbocycles. The van der Waals surface area contributed by atoms with Crippen LogP contribution in [0.1, 0.15) is 27.2 Å². The smallest absolute Gasteiger partial charge is 0.0423 e. The van der Waals surface area contributed by atoms with Gasteiger partial charge in [0.05, 0.1) is 0 Å². The minimum absolute atomic E-state index is 0.445. The lowest BCUT2D eigenvalue weighted by Gasteiger charge is -2.20. The molecule has 0 radical (unpaired) electrons. The second-order valence-electron chi connectivity index (χ2n) is 5.85. The van der Waals surface area contributed by atoms with Gasteiger partial charge in [-0.1, -0.05) is 44.2 Å². The molecular weight excluding hydrogens is 244 g/mol. The molecule has 0 bridgehead atoms. The lowest BCUT2D eigenvalue weighted by Crippen LogP contribution is -2.18. The van der Waals surface area contributed by atoms with Gasteiger partial charge in [-0.3, -0.25) is 0 Å². The Morgan fingerprint density at radius 2 is 1.70 bits per heavy atom. The molecule has 0 heterocycles. The summed E-state index contributed by atoms with van der Waals surface area (Å²) in [6.45, 7) is 6.73. The van der Waals surface area contributed by atoms with Gasteiger partial charge in [-0.2, -0.15) is 0 Å². The van der Waals surface area contributed by atoms with Crippen molar-refractivity contribution >= 4 is 11.4 Å². The number of hydrogen-bond acceptors (Lipinski definition) is 2. The van der Waals surface area contributed by atoms with Gasteiger partial charge in [-0.25, -0.2) is 0 Å². The van der Waals surface area contributed by atoms with Gasteiger partial charge in [0.25, 0.3) is 0 Å². The SMILES string of the molecule is CC(C)CC(C)Nc1ccc(N)cc1-c1ccccc1. The van der Waals surface area contributed by atoms with Crippen LogP contribution in [0.5, 0.6) is 0 Å². The van der Waals surface area contributed by atoms with Crippen LogP contribution in [0.3, 0.4) is 0 Å². The number of nitrogens with two attached hydrogens (primary N) is 1. The van der Waals surface area contributed by atoms with Crippen LogP contribution < -0.4 is 11.1 Å². The number of nitrogen functional groups attached to an aromatic ring is 1. The lowest BCUT2D eigenvalue weighted by molar-refractivity contribution is 0.540. The molecule has 0 saturated heterocycles. The minimum atomic E-state index is 0.445. The fourth-order valence-corrected chi connectivity index (χ4v) is 2.58. The first-order chi connectivity index (χ1) is 9.56. The zero-order chi connectivity index (χ0) is 14.5. The van der Waals surface area contributed by atoms with E-state index < -0.39 is 0 Å². The van der Waals surface area contributed by atoms with Gasteiger partial charge in [-0.15, -0.1) is 0 Å². The molecule has 1 atom stereocenters. The largest absolute Gasteiger partial charge is 0.399 e. The topological polar surface area (TPSA) is 38.0 Å². The van der Waals surface area contributed by atoms with Gasteiger partial charge in [0, 0.05) is 23.0 Å².